The maximum atomic E-state index is 13.5. The fraction of sp³-hybridized carbons (Fsp3) is 0.121. The quantitative estimate of drug-likeness (QED) is 0.209. The Bertz CT molecular complexity index is 1600. The van der Waals surface area contributed by atoms with E-state index in [1.54, 1.807) is 42.5 Å². The van der Waals surface area contributed by atoms with Gasteiger partial charge in [0.15, 0.2) is 0 Å². The Balaban J connectivity index is 1.36. The molecule has 1 N–H and O–H groups in total. The number of urea groups is 1. The summed E-state index contributed by atoms with van der Waals surface area (Å²) in [7, 11) is 1.54. The zero-order chi connectivity index (χ0) is 28.8. The van der Waals surface area contributed by atoms with E-state index in [9.17, 15) is 14.4 Å². The molecule has 1 aliphatic rings. The van der Waals surface area contributed by atoms with Crippen molar-refractivity contribution < 1.29 is 28.6 Å². The monoisotopic (exact) mass is 548 g/mol. The molecule has 41 heavy (non-hydrogen) atoms. The van der Waals surface area contributed by atoms with E-state index in [1.165, 1.54) is 13.2 Å². The summed E-state index contributed by atoms with van der Waals surface area (Å²) in [5, 5.41) is 2.26. The molecule has 0 radical (unpaired) electrons. The van der Waals surface area contributed by atoms with Gasteiger partial charge in [-0.25, -0.2) is 9.69 Å². The van der Waals surface area contributed by atoms with Gasteiger partial charge in [0.2, 0.25) is 0 Å². The number of ether oxygens (including phenoxy) is 3. The van der Waals surface area contributed by atoms with E-state index in [4.69, 9.17) is 14.2 Å². The molecule has 0 saturated carbocycles. The summed E-state index contributed by atoms with van der Waals surface area (Å²) < 4.78 is 17.2. The van der Waals surface area contributed by atoms with E-state index in [1.807, 2.05) is 61.5 Å². The lowest BCUT2D eigenvalue weighted by Crippen LogP contribution is -2.54. The third kappa shape index (κ3) is 6.45. The SMILES string of the molecule is COc1ccc(/C=C2\C(=O)NC(=O)N(c3ccc(OCc4ccc(C)cc4)cc3)C2=O)c(OCc2ccccc2)c1. The standard InChI is InChI=1S/C33H28N2O6/c1-22-8-10-24(11-9-22)20-40-27-16-13-26(14-17-27)35-32(37)29(31(36)34-33(35)38)18-25-12-15-28(39-2)19-30(25)41-21-23-6-4-3-5-7-23/h3-19H,20-21H2,1-2H3,(H,34,36,38)/b29-18+. The number of nitrogens with one attached hydrogen (secondary N) is 1. The van der Waals surface area contributed by atoms with E-state index in [-0.39, 0.29) is 12.2 Å². The molecule has 4 amide bonds. The number of nitrogens with zero attached hydrogens (tertiary/aromatic N) is 1. The van der Waals surface area contributed by atoms with Gasteiger partial charge in [-0.2, -0.15) is 0 Å². The lowest BCUT2D eigenvalue weighted by Gasteiger charge is -2.26. The topological polar surface area (TPSA) is 94.2 Å². The highest BCUT2D eigenvalue weighted by Gasteiger charge is 2.37. The van der Waals surface area contributed by atoms with Crippen LogP contribution >= 0.6 is 0 Å². The summed E-state index contributed by atoms with van der Waals surface area (Å²) in [6.45, 7) is 2.67. The second kappa shape index (κ2) is 12.2. The third-order valence-corrected chi connectivity index (χ3v) is 6.48. The molecule has 1 saturated heterocycles. The molecule has 0 aromatic heterocycles. The van der Waals surface area contributed by atoms with Gasteiger partial charge >= 0.3 is 6.03 Å². The Labute approximate surface area is 237 Å². The van der Waals surface area contributed by atoms with Crippen LogP contribution in [0.25, 0.3) is 6.08 Å². The van der Waals surface area contributed by atoms with Gasteiger partial charge < -0.3 is 14.2 Å². The predicted octanol–water partition coefficient (Wildman–Crippen LogP) is 5.83. The summed E-state index contributed by atoms with van der Waals surface area (Å²) in [6.07, 6.45) is 1.41. The molecular formula is C33H28N2O6. The summed E-state index contributed by atoms with van der Waals surface area (Å²) in [6, 6.07) is 28.4. The Morgan fingerprint density at radius 1 is 0.756 bits per heavy atom. The molecule has 1 heterocycles. The first-order valence-corrected chi connectivity index (χ1v) is 13.0. The van der Waals surface area contributed by atoms with E-state index in [0.717, 1.165) is 21.6 Å². The molecule has 8 nitrogen and oxygen atoms in total. The van der Waals surface area contributed by atoms with Crippen molar-refractivity contribution in [3.63, 3.8) is 0 Å². The van der Waals surface area contributed by atoms with Crippen LogP contribution in [0, 0.1) is 6.92 Å². The van der Waals surface area contributed by atoms with Gasteiger partial charge in [-0.15, -0.1) is 0 Å². The van der Waals surface area contributed by atoms with Crippen molar-refractivity contribution in [2.24, 2.45) is 0 Å². The second-order valence-corrected chi connectivity index (χ2v) is 9.40. The van der Waals surface area contributed by atoms with Crippen molar-refractivity contribution >= 4 is 29.6 Å². The first-order valence-electron chi connectivity index (χ1n) is 13.0. The molecule has 0 spiro atoms. The molecule has 0 bridgehead atoms. The highest BCUT2D eigenvalue weighted by atomic mass is 16.5. The number of benzene rings is 4. The smallest absolute Gasteiger partial charge is 0.335 e. The number of barbiturate groups is 1. The van der Waals surface area contributed by atoms with Crippen LogP contribution in [0.4, 0.5) is 10.5 Å². The van der Waals surface area contributed by atoms with Crippen LogP contribution in [0.3, 0.4) is 0 Å². The first-order chi connectivity index (χ1) is 19.9. The lowest BCUT2D eigenvalue weighted by atomic mass is 10.1. The van der Waals surface area contributed by atoms with Gasteiger partial charge in [0.1, 0.15) is 36.0 Å². The van der Waals surface area contributed by atoms with Gasteiger partial charge in [0.25, 0.3) is 11.8 Å². The maximum Gasteiger partial charge on any atom is 0.335 e. The Morgan fingerprint density at radius 2 is 1.41 bits per heavy atom. The van der Waals surface area contributed by atoms with E-state index < -0.39 is 17.8 Å². The van der Waals surface area contributed by atoms with Gasteiger partial charge in [-0.3, -0.25) is 14.9 Å². The van der Waals surface area contributed by atoms with Gasteiger partial charge in [-0.05, 0) is 60.5 Å². The van der Waals surface area contributed by atoms with Crippen LogP contribution in [-0.4, -0.2) is 25.0 Å². The molecule has 4 aromatic carbocycles. The van der Waals surface area contributed by atoms with Crippen LogP contribution < -0.4 is 24.4 Å². The number of anilines is 1. The minimum absolute atomic E-state index is 0.209. The van der Waals surface area contributed by atoms with Crippen LogP contribution in [0.2, 0.25) is 0 Å². The molecular weight excluding hydrogens is 520 g/mol. The van der Waals surface area contributed by atoms with Crippen LogP contribution in [0.15, 0.2) is 103 Å². The summed E-state index contributed by atoms with van der Waals surface area (Å²) in [5.74, 6) is -0.00328. The number of carbonyl (C=O) groups excluding carboxylic acids is 3. The second-order valence-electron chi connectivity index (χ2n) is 9.40. The molecule has 206 valence electrons. The molecule has 1 fully saturated rings. The van der Waals surface area contributed by atoms with Crippen molar-refractivity contribution in [3.05, 3.63) is 125 Å². The molecule has 0 unspecified atom stereocenters. The average Bonchev–Trinajstić information content (AvgIpc) is 2.99. The number of imide groups is 2. The molecule has 5 rings (SSSR count). The summed E-state index contributed by atoms with van der Waals surface area (Å²) in [4.78, 5) is 39.9. The number of hydrogen-bond acceptors (Lipinski definition) is 6. The molecule has 8 heteroatoms. The summed E-state index contributed by atoms with van der Waals surface area (Å²) >= 11 is 0. The van der Waals surface area contributed by atoms with E-state index >= 15 is 0 Å². The Morgan fingerprint density at radius 3 is 2.12 bits per heavy atom. The molecule has 0 atom stereocenters. The Kier molecular flexibility index (Phi) is 8.10. The van der Waals surface area contributed by atoms with Crippen LogP contribution in [0.1, 0.15) is 22.3 Å². The minimum atomic E-state index is -0.833. The highest BCUT2D eigenvalue weighted by molar-refractivity contribution is 6.39. The van der Waals surface area contributed by atoms with Gasteiger partial charge in [-0.1, -0.05) is 60.2 Å². The number of rotatable bonds is 9. The highest BCUT2D eigenvalue weighted by Crippen LogP contribution is 2.30. The normalized spacial score (nSPS) is 14.1. The molecule has 0 aliphatic carbocycles. The van der Waals surface area contributed by atoms with Crippen LogP contribution in [0.5, 0.6) is 17.2 Å². The van der Waals surface area contributed by atoms with Crippen molar-refractivity contribution in [2.45, 2.75) is 20.1 Å². The minimum Gasteiger partial charge on any atom is -0.497 e. The number of methoxy groups -OCH3 is 1. The lowest BCUT2D eigenvalue weighted by molar-refractivity contribution is -0.122. The first kappa shape index (κ1) is 27.2. The zero-order valence-electron chi connectivity index (χ0n) is 22.6. The van der Waals surface area contributed by atoms with E-state index in [2.05, 4.69) is 5.32 Å². The fourth-order valence-electron chi connectivity index (χ4n) is 4.21. The van der Waals surface area contributed by atoms with E-state index in [0.29, 0.717) is 35.1 Å². The predicted molar refractivity (Wildman–Crippen MR) is 155 cm³/mol. The number of aryl methyl sites for hydroxylation is 1. The van der Waals surface area contributed by atoms with Crippen molar-refractivity contribution in [2.75, 3.05) is 12.0 Å². The third-order valence-electron chi connectivity index (χ3n) is 6.48. The van der Waals surface area contributed by atoms with Crippen molar-refractivity contribution in [1.29, 1.82) is 0 Å². The largest absolute Gasteiger partial charge is 0.497 e. The maximum absolute atomic E-state index is 13.5. The summed E-state index contributed by atoms with van der Waals surface area (Å²) in [5.41, 5.74) is 3.70. The van der Waals surface area contributed by atoms with Gasteiger partial charge in [0, 0.05) is 11.6 Å². The van der Waals surface area contributed by atoms with Crippen LogP contribution in [-0.2, 0) is 22.8 Å². The molecule has 1 aliphatic heterocycles. The number of carbonyl (C=O) groups is 3. The number of amides is 4. The van der Waals surface area contributed by atoms with Crippen molar-refractivity contribution in [3.8, 4) is 17.2 Å². The van der Waals surface area contributed by atoms with Gasteiger partial charge in [0.05, 0.1) is 12.8 Å². The Hall–Kier alpha value is -5.37. The fourth-order valence-corrected chi connectivity index (χ4v) is 4.21. The molecule has 4 aromatic rings. The van der Waals surface area contributed by atoms with Crippen molar-refractivity contribution in [1.82, 2.24) is 5.32 Å². The number of hydrogen-bond donors (Lipinski definition) is 1. The zero-order valence-corrected chi connectivity index (χ0v) is 22.6. The average molecular weight is 549 g/mol.